The Morgan fingerprint density at radius 2 is 2.31 bits per heavy atom. The highest BCUT2D eigenvalue weighted by molar-refractivity contribution is 7.99. The van der Waals surface area contributed by atoms with Crippen molar-refractivity contribution in [2.75, 3.05) is 0 Å². The van der Waals surface area contributed by atoms with E-state index in [-0.39, 0.29) is 5.82 Å². The minimum Gasteiger partial charge on any atom is -0.389 e. The van der Waals surface area contributed by atoms with E-state index in [0.717, 1.165) is 11.8 Å². The molecule has 1 aromatic carbocycles. The molecule has 0 saturated carbocycles. The molecule has 0 aliphatic carbocycles. The van der Waals surface area contributed by atoms with Crippen LogP contribution in [-0.4, -0.2) is 20.3 Å². The fourth-order valence-electron chi connectivity index (χ4n) is 1.30. The van der Waals surface area contributed by atoms with Crippen LogP contribution < -0.4 is 0 Å². The number of hydrogen-bond donors (Lipinski definition) is 2. The predicted molar refractivity (Wildman–Crippen MR) is 57.5 cm³/mol. The molecule has 2 rings (SSSR count). The quantitative estimate of drug-likeness (QED) is 0.861. The van der Waals surface area contributed by atoms with E-state index in [9.17, 15) is 9.50 Å². The SMILES string of the molecule is CC(O)c1cccc(F)c1Sc1ncn[nH]1. The highest BCUT2D eigenvalue weighted by Crippen LogP contribution is 2.33. The first-order chi connectivity index (χ1) is 7.68. The Labute approximate surface area is 95.9 Å². The molecule has 16 heavy (non-hydrogen) atoms. The number of hydrogen-bond acceptors (Lipinski definition) is 4. The van der Waals surface area contributed by atoms with Gasteiger partial charge in [0.2, 0.25) is 0 Å². The summed E-state index contributed by atoms with van der Waals surface area (Å²) in [6.45, 7) is 1.60. The number of H-pyrrole nitrogens is 1. The van der Waals surface area contributed by atoms with E-state index < -0.39 is 6.10 Å². The highest BCUT2D eigenvalue weighted by atomic mass is 32.2. The number of aliphatic hydroxyl groups is 1. The smallest absolute Gasteiger partial charge is 0.188 e. The molecule has 0 bridgehead atoms. The third-order valence-electron chi connectivity index (χ3n) is 2.04. The molecule has 0 spiro atoms. The molecule has 0 aliphatic rings. The van der Waals surface area contributed by atoms with Crippen molar-refractivity contribution in [2.45, 2.75) is 23.1 Å². The first-order valence-electron chi connectivity index (χ1n) is 4.68. The van der Waals surface area contributed by atoms with Gasteiger partial charge in [-0.3, -0.25) is 5.10 Å². The molecule has 84 valence electrons. The summed E-state index contributed by atoms with van der Waals surface area (Å²) in [4.78, 5) is 4.27. The lowest BCUT2D eigenvalue weighted by Gasteiger charge is -2.10. The predicted octanol–water partition coefficient (Wildman–Crippen LogP) is 2.15. The van der Waals surface area contributed by atoms with Gasteiger partial charge >= 0.3 is 0 Å². The number of aliphatic hydroxyl groups excluding tert-OH is 1. The van der Waals surface area contributed by atoms with E-state index in [1.807, 2.05) is 0 Å². The molecule has 4 nitrogen and oxygen atoms in total. The molecule has 6 heteroatoms. The normalized spacial score (nSPS) is 12.7. The average Bonchev–Trinajstić information content (AvgIpc) is 2.73. The van der Waals surface area contributed by atoms with Crippen LogP contribution in [0.3, 0.4) is 0 Å². The lowest BCUT2D eigenvalue weighted by molar-refractivity contribution is 0.195. The van der Waals surface area contributed by atoms with Crippen molar-refractivity contribution in [3.63, 3.8) is 0 Å². The van der Waals surface area contributed by atoms with Gasteiger partial charge in [0.05, 0.1) is 11.0 Å². The Balaban J connectivity index is 2.38. The lowest BCUT2D eigenvalue weighted by atomic mass is 10.1. The molecule has 1 aromatic heterocycles. The second-order valence-electron chi connectivity index (χ2n) is 3.23. The molecular formula is C10H10FN3OS. The third kappa shape index (κ3) is 2.23. The maximum atomic E-state index is 13.6. The number of nitrogens with one attached hydrogen (secondary N) is 1. The Hall–Kier alpha value is -1.40. The monoisotopic (exact) mass is 239 g/mol. The molecule has 1 atom stereocenters. The van der Waals surface area contributed by atoms with Gasteiger partial charge in [-0.15, -0.1) is 0 Å². The summed E-state index contributed by atoms with van der Waals surface area (Å²) < 4.78 is 13.6. The molecule has 1 unspecified atom stereocenters. The second-order valence-corrected chi connectivity index (χ2v) is 4.23. The van der Waals surface area contributed by atoms with Crippen LogP contribution in [0.15, 0.2) is 34.6 Å². The zero-order valence-electron chi connectivity index (χ0n) is 8.51. The van der Waals surface area contributed by atoms with Crippen molar-refractivity contribution < 1.29 is 9.50 Å². The third-order valence-corrected chi connectivity index (χ3v) is 3.06. The van der Waals surface area contributed by atoms with Crippen LogP contribution in [0.5, 0.6) is 0 Å². The van der Waals surface area contributed by atoms with E-state index in [0.29, 0.717) is 15.6 Å². The van der Waals surface area contributed by atoms with Gasteiger partial charge in [-0.1, -0.05) is 12.1 Å². The van der Waals surface area contributed by atoms with E-state index in [2.05, 4.69) is 15.2 Å². The maximum Gasteiger partial charge on any atom is 0.188 e. The van der Waals surface area contributed by atoms with E-state index in [4.69, 9.17) is 0 Å². The van der Waals surface area contributed by atoms with Gasteiger partial charge in [0.15, 0.2) is 5.16 Å². The standard InChI is InChI=1S/C10H10FN3OS/c1-6(15)7-3-2-4-8(11)9(7)16-10-12-5-13-14-10/h2-6,15H,1H3,(H,12,13,14). The summed E-state index contributed by atoms with van der Waals surface area (Å²) >= 11 is 1.11. The Kier molecular flexibility index (Phi) is 3.21. The van der Waals surface area contributed by atoms with Crippen molar-refractivity contribution in [3.8, 4) is 0 Å². The maximum absolute atomic E-state index is 13.6. The van der Waals surface area contributed by atoms with Crippen molar-refractivity contribution in [1.29, 1.82) is 0 Å². The molecule has 0 aliphatic heterocycles. The van der Waals surface area contributed by atoms with E-state index in [1.54, 1.807) is 19.1 Å². The molecule has 1 heterocycles. The zero-order valence-corrected chi connectivity index (χ0v) is 9.33. The average molecular weight is 239 g/mol. The van der Waals surface area contributed by atoms with Crippen LogP contribution in [0.1, 0.15) is 18.6 Å². The Bertz CT molecular complexity index is 473. The van der Waals surface area contributed by atoms with Crippen LogP contribution in [-0.2, 0) is 0 Å². The fraction of sp³-hybridized carbons (Fsp3) is 0.200. The van der Waals surface area contributed by atoms with Crippen LogP contribution >= 0.6 is 11.8 Å². The van der Waals surface area contributed by atoms with E-state index >= 15 is 0 Å². The first-order valence-corrected chi connectivity index (χ1v) is 5.50. The van der Waals surface area contributed by atoms with Gasteiger partial charge < -0.3 is 5.11 Å². The summed E-state index contributed by atoms with van der Waals surface area (Å²) in [7, 11) is 0. The molecule has 0 radical (unpaired) electrons. The molecular weight excluding hydrogens is 229 g/mol. The number of rotatable bonds is 3. The largest absolute Gasteiger partial charge is 0.389 e. The van der Waals surface area contributed by atoms with Gasteiger partial charge in [0.1, 0.15) is 12.1 Å². The number of aromatic amines is 1. The van der Waals surface area contributed by atoms with Crippen molar-refractivity contribution in [1.82, 2.24) is 15.2 Å². The van der Waals surface area contributed by atoms with Crippen LogP contribution in [0.2, 0.25) is 0 Å². The first kappa shape index (κ1) is 11.1. The molecule has 0 saturated heterocycles. The van der Waals surface area contributed by atoms with E-state index in [1.165, 1.54) is 12.4 Å². The van der Waals surface area contributed by atoms with Crippen molar-refractivity contribution >= 4 is 11.8 Å². The van der Waals surface area contributed by atoms with Gasteiger partial charge in [-0.2, -0.15) is 5.10 Å². The number of aromatic nitrogens is 3. The molecule has 2 N–H and O–H groups in total. The molecule has 0 fully saturated rings. The van der Waals surface area contributed by atoms with Gasteiger partial charge in [-0.25, -0.2) is 9.37 Å². The van der Waals surface area contributed by atoms with Crippen LogP contribution in [0, 0.1) is 5.82 Å². The molecule has 0 amide bonds. The number of halogens is 1. The topological polar surface area (TPSA) is 61.8 Å². The van der Waals surface area contributed by atoms with Gasteiger partial charge in [0.25, 0.3) is 0 Å². The summed E-state index contributed by atoms with van der Waals surface area (Å²) in [5, 5.41) is 16.3. The second kappa shape index (κ2) is 4.63. The van der Waals surface area contributed by atoms with Crippen LogP contribution in [0.25, 0.3) is 0 Å². The summed E-state index contributed by atoms with van der Waals surface area (Å²) in [5.41, 5.74) is 0.543. The van der Waals surface area contributed by atoms with Gasteiger partial charge in [-0.05, 0) is 30.3 Å². The Morgan fingerprint density at radius 3 is 2.94 bits per heavy atom. The summed E-state index contributed by atoms with van der Waals surface area (Å²) in [5.74, 6) is -0.375. The van der Waals surface area contributed by atoms with Crippen molar-refractivity contribution in [3.05, 3.63) is 35.9 Å². The summed E-state index contributed by atoms with van der Waals surface area (Å²) in [6.07, 6.45) is 0.631. The Morgan fingerprint density at radius 1 is 1.50 bits per heavy atom. The lowest BCUT2D eigenvalue weighted by Crippen LogP contribution is -1.96. The fourth-order valence-corrected chi connectivity index (χ4v) is 2.22. The van der Waals surface area contributed by atoms with Crippen molar-refractivity contribution in [2.24, 2.45) is 0 Å². The number of benzene rings is 1. The van der Waals surface area contributed by atoms with Gasteiger partial charge in [0, 0.05) is 0 Å². The minimum absolute atomic E-state index is 0.370. The zero-order chi connectivity index (χ0) is 11.5. The van der Waals surface area contributed by atoms with Crippen LogP contribution in [0.4, 0.5) is 4.39 Å². The highest BCUT2D eigenvalue weighted by Gasteiger charge is 2.14. The minimum atomic E-state index is -0.721. The summed E-state index contributed by atoms with van der Waals surface area (Å²) in [6, 6.07) is 4.61. The number of nitrogens with zero attached hydrogens (tertiary/aromatic N) is 2. The molecule has 2 aromatic rings.